The summed E-state index contributed by atoms with van der Waals surface area (Å²) >= 11 is 0. The van der Waals surface area contributed by atoms with Gasteiger partial charge in [0.25, 0.3) is 0 Å². The first-order chi connectivity index (χ1) is 8.61. The third-order valence-electron chi connectivity index (χ3n) is 3.00. The first-order valence-electron chi connectivity index (χ1n) is 6.19. The average Bonchev–Trinajstić information content (AvgIpc) is 2.36. The maximum absolute atomic E-state index is 11.6. The molecular formula is C14H20O4. The number of unbranched alkanes of at least 4 members (excludes halogenated alkanes) is 1. The standard InChI is InChI=1S/C14H20O4/c1-2-3-4-5-6-7-10-8-12(16)14(18)13(17)11(10)9-15/h4-7,9-10,12,14-16,18H,2-3,8H2,1H3/b5-4+,7-6+,11-9?/t10-,12-,14-/m1/s1. The minimum Gasteiger partial charge on any atom is -0.515 e. The van der Waals surface area contributed by atoms with E-state index in [1.165, 1.54) is 0 Å². The Hall–Kier alpha value is -1.39. The summed E-state index contributed by atoms with van der Waals surface area (Å²) in [7, 11) is 0. The van der Waals surface area contributed by atoms with E-state index in [1.54, 1.807) is 12.2 Å². The van der Waals surface area contributed by atoms with Crippen LogP contribution in [0.4, 0.5) is 0 Å². The first kappa shape index (κ1) is 14.7. The van der Waals surface area contributed by atoms with Gasteiger partial charge in [-0.2, -0.15) is 0 Å². The molecule has 3 atom stereocenters. The van der Waals surface area contributed by atoms with Gasteiger partial charge in [-0.05, 0) is 12.8 Å². The Balaban J connectivity index is 2.72. The van der Waals surface area contributed by atoms with Crippen LogP contribution in [-0.2, 0) is 4.79 Å². The molecule has 100 valence electrons. The topological polar surface area (TPSA) is 77.8 Å². The van der Waals surface area contributed by atoms with E-state index in [-0.39, 0.29) is 17.9 Å². The van der Waals surface area contributed by atoms with Crippen molar-refractivity contribution in [2.24, 2.45) is 5.92 Å². The maximum Gasteiger partial charge on any atom is 0.193 e. The Labute approximate surface area is 107 Å². The van der Waals surface area contributed by atoms with E-state index < -0.39 is 18.0 Å². The van der Waals surface area contributed by atoms with Crippen LogP contribution < -0.4 is 0 Å². The normalized spacial score (nSPS) is 31.8. The van der Waals surface area contributed by atoms with Crippen molar-refractivity contribution in [1.29, 1.82) is 0 Å². The molecule has 4 heteroatoms. The molecule has 0 aromatic heterocycles. The molecule has 4 nitrogen and oxygen atoms in total. The summed E-state index contributed by atoms with van der Waals surface area (Å²) in [6.45, 7) is 2.08. The highest BCUT2D eigenvalue weighted by Crippen LogP contribution is 2.28. The highest BCUT2D eigenvalue weighted by Gasteiger charge is 2.37. The molecule has 0 aliphatic heterocycles. The van der Waals surface area contributed by atoms with Gasteiger partial charge in [0.1, 0.15) is 6.10 Å². The lowest BCUT2D eigenvalue weighted by molar-refractivity contribution is -0.132. The van der Waals surface area contributed by atoms with Gasteiger partial charge >= 0.3 is 0 Å². The molecule has 0 unspecified atom stereocenters. The predicted octanol–water partition coefficient (Wildman–Crippen LogP) is 1.65. The van der Waals surface area contributed by atoms with Gasteiger partial charge in [0.15, 0.2) is 5.78 Å². The van der Waals surface area contributed by atoms with Crippen molar-refractivity contribution in [2.75, 3.05) is 0 Å². The number of Topliss-reactive ketones (excluding diaryl/α,β-unsaturated/α-hetero) is 1. The van der Waals surface area contributed by atoms with Crippen LogP contribution in [0.2, 0.25) is 0 Å². The monoisotopic (exact) mass is 252 g/mol. The highest BCUT2D eigenvalue weighted by atomic mass is 16.3. The van der Waals surface area contributed by atoms with E-state index in [2.05, 4.69) is 6.92 Å². The lowest BCUT2D eigenvalue weighted by Crippen LogP contribution is -2.42. The molecule has 0 radical (unpaired) electrons. The van der Waals surface area contributed by atoms with Gasteiger partial charge in [-0.3, -0.25) is 4.79 Å². The van der Waals surface area contributed by atoms with Crippen molar-refractivity contribution >= 4 is 5.78 Å². The molecule has 0 heterocycles. The molecule has 1 aliphatic carbocycles. The van der Waals surface area contributed by atoms with Crippen molar-refractivity contribution < 1.29 is 20.1 Å². The molecule has 0 aromatic carbocycles. The van der Waals surface area contributed by atoms with Crippen molar-refractivity contribution in [2.45, 2.75) is 38.4 Å². The maximum atomic E-state index is 11.6. The van der Waals surface area contributed by atoms with Crippen molar-refractivity contribution in [3.63, 3.8) is 0 Å². The van der Waals surface area contributed by atoms with Crippen LogP contribution in [0.1, 0.15) is 26.2 Å². The van der Waals surface area contributed by atoms with Crippen LogP contribution in [0, 0.1) is 5.92 Å². The zero-order valence-corrected chi connectivity index (χ0v) is 10.5. The number of aliphatic hydroxyl groups excluding tert-OH is 3. The minimum absolute atomic E-state index is 0.146. The fourth-order valence-corrected chi connectivity index (χ4v) is 1.93. The summed E-state index contributed by atoms with van der Waals surface area (Å²) in [5, 5.41) is 28.0. The summed E-state index contributed by atoms with van der Waals surface area (Å²) in [5.74, 6) is -0.962. The third-order valence-corrected chi connectivity index (χ3v) is 3.00. The lowest BCUT2D eigenvalue weighted by Gasteiger charge is -2.28. The fraction of sp³-hybridized carbons (Fsp3) is 0.500. The molecule has 0 amide bonds. The fourth-order valence-electron chi connectivity index (χ4n) is 1.93. The van der Waals surface area contributed by atoms with Crippen LogP contribution in [0.25, 0.3) is 0 Å². The van der Waals surface area contributed by atoms with Crippen molar-refractivity contribution in [3.05, 3.63) is 36.1 Å². The van der Waals surface area contributed by atoms with E-state index in [1.807, 2.05) is 12.2 Å². The first-order valence-corrected chi connectivity index (χ1v) is 6.19. The predicted molar refractivity (Wildman–Crippen MR) is 69.0 cm³/mol. The number of aliphatic hydroxyl groups is 3. The van der Waals surface area contributed by atoms with Crippen LogP contribution in [-0.4, -0.2) is 33.3 Å². The average molecular weight is 252 g/mol. The highest BCUT2D eigenvalue weighted by molar-refractivity contribution is 6.00. The molecule has 3 N–H and O–H groups in total. The number of hydrogen-bond donors (Lipinski definition) is 3. The summed E-state index contributed by atoms with van der Waals surface area (Å²) in [5.41, 5.74) is 0.146. The number of carbonyl (C=O) groups is 1. The molecule has 1 aliphatic rings. The summed E-state index contributed by atoms with van der Waals surface area (Å²) in [6, 6.07) is 0. The van der Waals surface area contributed by atoms with Gasteiger partial charge in [-0.25, -0.2) is 0 Å². The molecule has 1 rings (SSSR count). The van der Waals surface area contributed by atoms with E-state index in [9.17, 15) is 15.0 Å². The number of hydrogen-bond acceptors (Lipinski definition) is 4. The van der Waals surface area contributed by atoms with Gasteiger partial charge in [0.2, 0.25) is 0 Å². The Kier molecular flexibility index (Phi) is 5.82. The van der Waals surface area contributed by atoms with E-state index in [4.69, 9.17) is 5.11 Å². The summed E-state index contributed by atoms with van der Waals surface area (Å²) in [4.78, 5) is 11.6. The van der Waals surface area contributed by atoms with Gasteiger partial charge in [0.05, 0.1) is 12.4 Å². The van der Waals surface area contributed by atoms with Crippen LogP contribution in [0.15, 0.2) is 36.1 Å². The van der Waals surface area contributed by atoms with E-state index in [0.717, 1.165) is 19.1 Å². The Bertz CT molecular complexity index is 368. The smallest absolute Gasteiger partial charge is 0.193 e. The van der Waals surface area contributed by atoms with Crippen molar-refractivity contribution in [1.82, 2.24) is 0 Å². The SMILES string of the molecule is CCC/C=C/C=C/[C@@H]1C[C@@H](O)[C@@H](O)C(=O)C1=CO. The van der Waals surface area contributed by atoms with Crippen LogP contribution >= 0.6 is 0 Å². The lowest BCUT2D eigenvalue weighted by atomic mass is 9.80. The van der Waals surface area contributed by atoms with Gasteiger partial charge in [-0.1, -0.05) is 37.6 Å². The number of ketones is 1. The molecule has 1 saturated carbocycles. The largest absolute Gasteiger partial charge is 0.515 e. The van der Waals surface area contributed by atoms with Crippen molar-refractivity contribution in [3.8, 4) is 0 Å². The molecule has 1 fully saturated rings. The van der Waals surface area contributed by atoms with E-state index >= 15 is 0 Å². The number of carbonyl (C=O) groups excluding carboxylic acids is 1. The van der Waals surface area contributed by atoms with Gasteiger partial charge in [-0.15, -0.1) is 0 Å². The van der Waals surface area contributed by atoms with Gasteiger partial charge in [0, 0.05) is 11.5 Å². The Morgan fingerprint density at radius 3 is 2.67 bits per heavy atom. The molecule has 0 saturated heterocycles. The number of allylic oxidation sites excluding steroid dienone is 4. The molecule has 0 bridgehead atoms. The third kappa shape index (κ3) is 3.55. The second-order valence-corrected chi connectivity index (χ2v) is 4.40. The van der Waals surface area contributed by atoms with Crippen LogP contribution in [0.5, 0.6) is 0 Å². The zero-order valence-electron chi connectivity index (χ0n) is 10.5. The molecular weight excluding hydrogens is 232 g/mol. The molecule has 0 aromatic rings. The minimum atomic E-state index is -1.43. The van der Waals surface area contributed by atoms with Crippen LogP contribution in [0.3, 0.4) is 0 Å². The molecule has 0 spiro atoms. The number of rotatable bonds is 4. The Morgan fingerprint density at radius 2 is 2.06 bits per heavy atom. The summed E-state index contributed by atoms with van der Waals surface area (Å²) in [6.07, 6.45) is 7.94. The molecule has 18 heavy (non-hydrogen) atoms. The zero-order chi connectivity index (χ0) is 13.5. The second-order valence-electron chi connectivity index (χ2n) is 4.40. The quantitative estimate of drug-likeness (QED) is 0.404. The summed E-state index contributed by atoms with van der Waals surface area (Å²) < 4.78 is 0. The van der Waals surface area contributed by atoms with E-state index in [0.29, 0.717) is 0 Å². The Morgan fingerprint density at radius 1 is 1.33 bits per heavy atom. The second kappa shape index (κ2) is 7.13. The van der Waals surface area contributed by atoms with Gasteiger partial charge < -0.3 is 15.3 Å².